The number of aryl methyl sites for hydroxylation is 2. The molecule has 5 heteroatoms. The normalized spacial score (nSPS) is 10.8. The molecule has 118 valence electrons. The summed E-state index contributed by atoms with van der Waals surface area (Å²) in [5, 5.41) is 18.0. The number of aromatic nitrogens is 3. The van der Waals surface area contributed by atoms with Crippen molar-refractivity contribution in [2.24, 2.45) is 0 Å². The van der Waals surface area contributed by atoms with E-state index in [1.54, 1.807) is 11.8 Å². The SMILES string of the molecule is COc1cccc(-c2c(CO)nnn2-c2cc(C)cc(C)c2)c1. The van der Waals surface area contributed by atoms with E-state index < -0.39 is 0 Å². The van der Waals surface area contributed by atoms with Crippen molar-refractivity contribution >= 4 is 0 Å². The van der Waals surface area contributed by atoms with Crippen LogP contribution in [-0.4, -0.2) is 27.2 Å². The molecule has 0 fully saturated rings. The van der Waals surface area contributed by atoms with E-state index in [9.17, 15) is 5.11 Å². The van der Waals surface area contributed by atoms with Crippen LogP contribution in [0.4, 0.5) is 0 Å². The lowest BCUT2D eigenvalue weighted by atomic mass is 10.1. The molecule has 0 unspecified atom stereocenters. The van der Waals surface area contributed by atoms with Gasteiger partial charge in [0.2, 0.25) is 0 Å². The summed E-state index contributed by atoms with van der Waals surface area (Å²) in [4.78, 5) is 0. The van der Waals surface area contributed by atoms with Crippen LogP contribution in [-0.2, 0) is 6.61 Å². The number of ether oxygens (including phenoxy) is 1. The number of hydrogen-bond acceptors (Lipinski definition) is 4. The van der Waals surface area contributed by atoms with Crippen LogP contribution in [0.15, 0.2) is 42.5 Å². The largest absolute Gasteiger partial charge is 0.497 e. The van der Waals surface area contributed by atoms with Crippen molar-refractivity contribution in [2.45, 2.75) is 20.5 Å². The van der Waals surface area contributed by atoms with Gasteiger partial charge < -0.3 is 9.84 Å². The van der Waals surface area contributed by atoms with E-state index >= 15 is 0 Å². The fourth-order valence-electron chi connectivity index (χ4n) is 2.73. The maximum absolute atomic E-state index is 9.63. The average molecular weight is 309 g/mol. The number of aliphatic hydroxyl groups is 1. The monoisotopic (exact) mass is 309 g/mol. The fraction of sp³-hybridized carbons (Fsp3) is 0.222. The predicted molar refractivity (Wildman–Crippen MR) is 88.7 cm³/mol. The van der Waals surface area contributed by atoms with Gasteiger partial charge in [0.25, 0.3) is 0 Å². The van der Waals surface area contributed by atoms with Gasteiger partial charge in [-0.15, -0.1) is 5.10 Å². The molecule has 3 aromatic rings. The maximum Gasteiger partial charge on any atom is 0.119 e. The number of methoxy groups -OCH3 is 1. The summed E-state index contributed by atoms with van der Waals surface area (Å²) < 4.78 is 7.06. The predicted octanol–water partition coefficient (Wildman–Crippen LogP) is 3.05. The van der Waals surface area contributed by atoms with Crippen molar-refractivity contribution < 1.29 is 9.84 Å². The molecule has 0 bridgehead atoms. The molecule has 0 spiro atoms. The van der Waals surface area contributed by atoms with Crippen LogP contribution in [0.3, 0.4) is 0 Å². The Kier molecular flexibility index (Phi) is 4.12. The Hall–Kier alpha value is -2.66. The second-order valence-electron chi connectivity index (χ2n) is 5.53. The van der Waals surface area contributed by atoms with E-state index in [0.29, 0.717) is 5.69 Å². The Morgan fingerprint density at radius 3 is 2.48 bits per heavy atom. The molecule has 0 aliphatic carbocycles. The standard InChI is InChI=1S/C18H19N3O2/c1-12-7-13(2)9-15(8-12)21-18(17(11-22)19-20-21)14-5-4-6-16(10-14)23-3/h4-10,22H,11H2,1-3H3. The first-order valence-corrected chi connectivity index (χ1v) is 7.41. The van der Waals surface area contributed by atoms with Crippen molar-refractivity contribution in [3.8, 4) is 22.7 Å². The number of aliphatic hydroxyl groups excluding tert-OH is 1. The van der Waals surface area contributed by atoms with Gasteiger partial charge in [-0.3, -0.25) is 0 Å². The van der Waals surface area contributed by atoms with Gasteiger partial charge in [0.15, 0.2) is 0 Å². The van der Waals surface area contributed by atoms with Crippen molar-refractivity contribution in [3.05, 3.63) is 59.3 Å². The van der Waals surface area contributed by atoms with Gasteiger partial charge in [-0.2, -0.15) is 0 Å². The highest BCUT2D eigenvalue weighted by molar-refractivity contribution is 5.66. The summed E-state index contributed by atoms with van der Waals surface area (Å²) in [5.74, 6) is 0.750. The molecule has 1 heterocycles. The van der Waals surface area contributed by atoms with E-state index in [-0.39, 0.29) is 6.61 Å². The highest BCUT2D eigenvalue weighted by Gasteiger charge is 2.16. The van der Waals surface area contributed by atoms with E-state index in [0.717, 1.165) is 33.8 Å². The van der Waals surface area contributed by atoms with Crippen LogP contribution in [0.5, 0.6) is 5.75 Å². The van der Waals surface area contributed by atoms with Gasteiger partial charge in [0, 0.05) is 5.56 Å². The van der Waals surface area contributed by atoms with Crippen molar-refractivity contribution in [2.75, 3.05) is 7.11 Å². The number of hydrogen-bond donors (Lipinski definition) is 1. The molecular formula is C18H19N3O2. The third-order valence-corrected chi connectivity index (χ3v) is 3.68. The molecular weight excluding hydrogens is 290 g/mol. The number of benzene rings is 2. The Morgan fingerprint density at radius 2 is 1.83 bits per heavy atom. The lowest BCUT2D eigenvalue weighted by Crippen LogP contribution is -2.01. The Labute approximate surface area is 135 Å². The number of rotatable bonds is 4. The lowest BCUT2D eigenvalue weighted by Gasteiger charge is -2.10. The Bertz CT molecular complexity index is 820. The molecule has 0 saturated carbocycles. The Balaban J connectivity index is 2.21. The van der Waals surface area contributed by atoms with Gasteiger partial charge in [-0.1, -0.05) is 23.4 Å². The molecule has 0 atom stereocenters. The van der Waals surface area contributed by atoms with Gasteiger partial charge in [-0.05, 0) is 49.2 Å². The number of nitrogens with zero attached hydrogens (tertiary/aromatic N) is 3. The van der Waals surface area contributed by atoms with Crippen LogP contribution >= 0.6 is 0 Å². The van der Waals surface area contributed by atoms with Crippen LogP contribution in [0, 0.1) is 13.8 Å². The zero-order chi connectivity index (χ0) is 16.4. The molecule has 3 rings (SSSR count). The van der Waals surface area contributed by atoms with E-state index in [2.05, 4.69) is 16.4 Å². The molecule has 0 amide bonds. The van der Waals surface area contributed by atoms with Crippen LogP contribution in [0.2, 0.25) is 0 Å². The first kappa shape index (κ1) is 15.2. The molecule has 0 aliphatic heterocycles. The second-order valence-corrected chi connectivity index (χ2v) is 5.53. The average Bonchev–Trinajstić information content (AvgIpc) is 2.98. The van der Waals surface area contributed by atoms with Gasteiger partial charge in [0.05, 0.1) is 19.4 Å². The third-order valence-electron chi connectivity index (χ3n) is 3.68. The minimum Gasteiger partial charge on any atom is -0.497 e. The van der Waals surface area contributed by atoms with Gasteiger partial charge in [-0.25, -0.2) is 4.68 Å². The van der Waals surface area contributed by atoms with Crippen LogP contribution < -0.4 is 4.74 Å². The highest BCUT2D eigenvalue weighted by Crippen LogP contribution is 2.28. The van der Waals surface area contributed by atoms with Gasteiger partial charge >= 0.3 is 0 Å². The Morgan fingerprint density at radius 1 is 1.09 bits per heavy atom. The summed E-state index contributed by atoms with van der Waals surface area (Å²) in [7, 11) is 1.63. The zero-order valence-corrected chi connectivity index (χ0v) is 13.4. The summed E-state index contributed by atoms with van der Waals surface area (Å²) >= 11 is 0. The van der Waals surface area contributed by atoms with Crippen LogP contribution in [0.1, 0.15) is 16.8 Å². The summed E-state index contributed by atoms with van der Waals surface area (Å²) in [6.45, 7) is 3.93. The van der Waals surface area contributed by atoms with Crippen molar-refractivity contribution in [3.63, 3.8) is 0 Å². The molecule has 1 aromatic heterocycles. The molecule has 1 N–H and O–H groups in total. The lowest BCUT2D eigenvalue weighted by molar-refractivity contribution is 0.277. The summed E-state index contributed by atoms with van der Waals surface area (Å²) in [6.07, 6.45) is 0. The fourth-order valence-corrected chi connectivity index (χ4v) is 2.73. The minimum absolute atomic E-state index is 0.169. The first-order valence-electron chi connectivity index (χ1n) is 7.41. The smallest absolute Gasteiger partial charge is 0.119 e. The quantitative estimate of drug-likeness (QED) is 0.804. The van der Waals surface area contributed by atoms with Crippen molar-refractivity contribution in [1.29, 1.82) is 0 Å². The maximum atomic E-state index is 9.63. The highest BCUT2D eigenvalue weighted by atomic mass is 16.5. The zero-order valence-electron chi connectivity index (χ0n) is 13.4. The van der Waals surface area contributed by atoms with Crippen LogP contribution in [0.25, 0.3) is 16.9 Å². The third kappa shape index (κ3) is 2.96. The molecule has 0 saturated heterocycles. The summed E-state index contributed by atoms with van der Waals surface area (Å²) in [5.41, 5.74) is 5.44. The van der Waals surface area contributed by atoms with Gasteiger partial charge in [0.1, 0.15) is 17.1 Å². The second kappa shape index (κ2) is 6.22. The van der Waals surface area contributed by atoms with E-state index in [1.165, 1.54) is 0 Å². The van der Waals surface area contributed by atoms with E-state index in [4.69, 9.17) is 4.74 Å². The molecule has 23 heavy (non-hydrogen) atoms. The van der Waals surface area contributed by atoms with E-state index in [1.807, 2.05) is 50.2 Å². The summed E-state index contributed by atoms with van der Waals surface area (Å²) in [6, 6.07) is 13.9. The molecule has 2 aromatic carbocycles. The molecule has 5 nitrogen and oxygen atoms in total. The molecule has 0 aliphatic rings. The minimum atomic E-state index is -0.169. The van der Waals surface area contributed by atoms with Crippen molar-refractivity contribution in [1.82, 2.24) is 15.0 Å². The topological polar surface area (TPSA) is 60.2 Å². The molecule has 0 radical (unpaired) electrons. The first-order chi connectivity index (χ1) is 11.1.